The van der Waals surface area contributed by atoms with Crippen molar-refractivity contribution < 1.29 is 17.2 Å². The second-order valence-electron chi connectivity index (χ2n) is 5.79. The van der Waals surface area contributed by atoms with Crippen LogP contribution in [-0.4, -0.2) is 28.7 Å². The topological polar surface area (TPSA) is 63.2 Å². The summed E-state index contributed by atoms with van der Waals surface area (Å²) < 4.78 is 53.8. The first-order valence-electron chi connectivity index (χ1n) is 7.26. The average molecular weight is 337 g/mol. The van der Waals surface area contributed by atoms with Gasteiger partial charge in [-0.05, 0) is 31.0 Å². The molecule has 2 aliphatic heterocycles. The maximum absolute atomic E-state index is 13.4. The number of nitrogens with zero attached hydrogens (tertiary/aromatic N) is 3. The van der Waals surface area contributed by atoms with Gasteiger partial charge < -0.3 is 0 Å². The molecule has 2 unspecified atom stereocenters. The van der Waals surface area contributed by atoms with E-state index in [0.717, 1.165) is 29.5 Å². The number of hydrogen-bond acceptors (Lipinski definition) is 4. The highest BCUT2D eigenvalue weighted by molar-refractivity contribution is 7.89. The van der Waals surface area contributed by atoms with Gasteiger partial charge in [0.1, 0.15) is 6.33 Å². The van der Waals surface area contributed by atoms with E-state index in [1.807, 2.05) is 0 Å². The summed E-state index contributed by atoms with van der Waals surface area (Å²) in [6, 6.07) is 2.12. The van der Waals surface area contributed by atoms with E-state index in [0.29, 0.717) is 19.3 Å². The Balaban J connectivity index is 1.80. The van der Waals surface area contributed by atoms with Crippen molar-refractivity contribution in [2.45, 2.75) is 36.2 Å². The molecular formula is C15H13F2N3O2S. The number of benzene rings is 1. The molecular weight excluding hydrogens is 324 g/mol. The Bertz CT molecular complexity index is 888. The van der Waals surface area contributed by atoms with Gasteiger partial charge in [0.2, 0.25) is 10.0 Å². The third-order valence-corrected chi connectivity index (χ3v) is 6.48. The van der Waals surface area contributed by atoms with Crippen molar-refractivity contribution in [3.05, 3.63) is 53.6 Å². The minimum Gasteiger partial charge on any atom is -0.244 e. The second-order valence-corrected chi connectivity index (χ2v) is 7.63. The monoisotopic (exact) mass is 337 g/mol. The molecule has 8 heteroatoms. The van der Waals surface area contributed by atoms with E-state index >= 15 is 0 Å². The zero-order valence-electron chi connectivity index (χ0n) is 12.0. The van der Waals surface area contributed by atoms with Crippen molar-refractivity contribution in [1.29, 1.82) is 0 Å². The van der Waals surface area contributed by atoms with E-state index in [9.17, 15) is 17.2 Å². The van der Waals surface area contributed by atoms with Crippen molar-refractivity contribution in [3.8, 4) is 0 Å². The Labute approximate surface area is 132 Å². The van der Waals surface area contributed by atoms with Crippen LogP contribution in [0.4, 0.5) is 8.78 Å². The second kappa shape index (κ2) is 5.04. The highest BCUT2D eigenvalue weighted by atomic mass is 32.2. The summed E-state index contributed by atoms with van der Waals surface area (Å²) in [4.78, 5) is 7.99. The van der Waals surface area contributed by atoms with Gasteiger partial charge >= 0.3 is 0 Å². The number of sulfonamides is 1. The molecule has 1 aromatic carbocycles. The van der Waals surface area contributed by atoms with Crippen LogP contribution in [0.25, 0.3) is 0 Å². The molecule has 3 heterocycles. The van der Waals surface area contributed by atoms with Crippen LogP contribution >= 0.6 is 0 Å². The molecule has 2 atom stereocenters. The number of aromatic nitrogens is 2. The Morgan fingerprint density at radius 1 is 1.17 bits per heavy atom. The van der Waals surface area contributed by atoms with Crippen LogP contribution in [-0.2, 0) is 16.4 Å². The van der Waals surface area contributed by atoms with Crippen molar-refractivity contribution in [1.82, 2.24) is 14.3 Å². The largest absolute Gasteiger partial charge is 0.244 e. The van der Waals surface area contributed by atoms with Crippen LogP contribution in [0, 0.1) is 11.6 Å². The van der Waals surface area contributed by atoms with Crippen LogP contribution in [0.15, 0.2) is 35.6 Å². The number of halogens is 2. The van der Waals surface area contributed by atoms with Crippen LogP contribution in [0.1, 0.15) is 30.1 Å². The summed E-state index contributed by atoms with van der Waals surface area (Å²) in [7, 11) is -3.91. The van der Waals surface area contributed by atoms with Gasteiger partial charge in [0.15, 0.2) is 11.6 Å². The van der Waals surface area contributed by atoms with Gasteiger partial charge in [-0.3, -0.25) is 0 Å². The van der Waals surface area contributed by atoms with E-state index in [1.165, 1.54) is 10.6 Å². The third kappa shape index (κ3) is 2.16. The minimum absolute atomic E-state index is 0.208. The molecule has 0 amide bonds. The summed E-state index contributed by atoms with van der Waals surface area (Å²) >= 11 is 0. The molecule has 120 valence electrons. The fourth-order valence-corrected chi connectivity index (χ4v) is 5.37. The molecule has 0 spiro atoms. The predicted octanol–water partition coefficient (Wildman–Crippen LogP) is 2.21. The molecule has 23 heavy (non-hydrogen) atoms. The Morgan fingerprint density at radius 3 is 2.78 bits per heavy atom. The van der Waals surface area contributed by atoms with Gasteiger partial charge in [-0.25, -0.2) is 27.2 Å². The minimum atomic E-state index is -3.91. The van der Waals surface area contributed by atoms with Crippen LogP contribution in [0.3, 0.4) is 0 Å². The molecule has 2 aromatic rings. The maximum Gasteiger partial charge on any atom is 0.244 e. The number of rotatable bonds is 2. The summed E-state index contributed by atoms with van der Waals surface area (Å²) in [5.74, 6) is -2.23. The molecule has 0 radical (unpaired) electrons. The highest BCUT2D eigenvalue weighted by Crippen LogP contribution is 2.45. The molecule has 0 N–H and O–H groups in total. The molecule has 1 fully saturated rings. The normalized spacial score (nSPS) is 23.7. The average Bonchev–Trinajstić information content (AvgIpc) is 2.86. The van der Waals surface area contributed by atoms with Crippen LogP contribution in [0.5, 0.6) is 0 Å². The van der Waals surface area contributed by atoms with E-state index in [2.05, 4.69) is 9.97 Å². The predicted molar refractivity (Wildman–Crippen MR) is 76.9 cm³/mol. The molecule has 5 nitrogen and oxygen atoms in total. The van der Waals surface area contributed by atoms with E-state index in [4.69, 9.17) is 0 Å². The van der Waals surface area contributed by atoms with Crippen molar-refractivity contribution >= 4 is 10.0 Å². The molecule has 4 rings (SSSR count). The lowest BCUT2D eigenvalue weighted by atomic mass is 10.0. The zero-order chi connectivity index (χ0) is 16.2. The highest BCUT2D eigenvalue weighted by Gasteiger charge is 2.47. The van der Waals surface area contributed by atoms with E-state index in [1.54, 1.807) is 6.20 Å². The lowest BCUT2D eigenvalue weighted by Crippen LogP contribution is -2.42. The van der Waals surface area contributed by atoms with Crippen molar-refractivity contribution in [2.24, 2.45) is 0 Å². The van der Waals surface area contributed by atoms with Crippen molar-refractivity contribution in [3.63, 3.8) is 0 Å². The lowest BCUT2D eigenvalue weighted by molar-refractivity contribution is 0.300. The Kier molecular flexibility index (Phi) is 3.21. The standard InChI is InChI=1S/C15H13F2N3O2S/c16-12-3-2-10(6-13(12)17)23(21,22)20-9-1-4-15(20)11-7-18-8-19-14(11)5-9/h2-3,6-9,15H,1,4-5H2. The summed E-state index contributed by atoms with van der Waals surface area (Å²) in [6.45, 7) is 0. The molecule has 1 aromatic heterocycles. The van der Waals surface area contributed by atoms with Crippen LogP contribution in [0.2, 0.25) is 0 Å². The first kappa shape index (κ1) is 14.6. The fraction of sp³-hybridized carbons (Fsp3) is 0.333. The summed E-state index contributed by atoms with van der Waals surface area (Å²) in [5.41, 5.74) is 1.66. The van der Waals surface area contributed by atoms with E-state index < -0.39 is 21.7 Å². The van der Waals surface area contributed by atoms with Crippen LogP contribution < -0.4 is 0 Å². The van der Waals surface area contributed by atoms with Gasteiger partial charge in [-0.1, -0.05) is 0 Å². The van der Waals surface area contributed by atoms with Gasteiger partial charge in [-0.15, -0.1) is 0 Å². The molecule has 0 aliphatic carbocycles. The van der Waals surface area contributed by atoms with E-state index in [-0.39, 0.29) is 17.0 Å². The SMILES string of the molecule is O=S(=O)(c1ccc(F)c(F)c1)N1C2CCC1c1cncnc1C2. The maximum atomic E-state index is 13.4. The first-order valence-corrected chi connectivity index (χ1v) is 8.70. The molecule has 2 aliphatic rings. The Hall–Kier alpha value is -1.93. The molecule has 1 saturated heterocycles. The van der Waals surface area contributed by atoms with Gasteiger partial charge in [-0.2, -0.15) is 4.31 Å². The third-order valence-electron chi connectivity index (χ3n) is 4.52. The quantitative estimate of drug-likeness (QED) is 0.843. The zero-order valence-corrected chi connectivity index (χ0v) is 12.8. The lowest BCUT2D eigenvalue weighted by Gasteiger charge is -2.34. The summed E-state index contributed by atoms with van der Waals surface area (Å²) in [5, 5.41) is 0. The Morgan fingerprint density at radius 2 is 2.00 bits per heavy atom. The molecule has 0 saturated carbocycles. The van der Waals surface area contributed by atoms with Gasteiger partial charge in [0, 0.05) is 24.2 Å². The number of hydrogen-bond donors (Lipinski definition) is 0. The van der Waals surface area contributed by atoms with Gasteiger partial charge in [0.05, 0.1) is 16.6 Å². The number of fused-ring (bicyclic) bond motifs is 4. The van der Waals surface area contributed by atoms with Gasteiger partial charge in [0.25, 0.3) is 0 Å². The molecule has 2 bridgehead atoms. The van der Waals surface area contributed by atoms with Crippen molar-refractivity contribution in [2.75, 3.05) is 0 Å². The first-order chi connectivity index (χ1) is 11.0. The smallest absolute Gasteiger partial charge is 0.244 e. The summed E-state index contributed by atoms with van der Waals surface area (Å²) in [6.07, 6.45) is 5.00. The fourth-order valence-electron chi connectivity index (χ4n) is 3.50.